The third-order valence-electron chi connectivity index (χ3n) is 2.87. The second-order valence-electron chi connectivity index (χ2n) is 5.65. The number of aromatic nitrogens is 1. The predicted octanol–water partition coefficient (Wildman–Crippen LogP) is 2.32. The summed E-state index contributed by atoms with van der Waals surface area (Å²) in [6.07, 6.45) is 1.92. The maximum Gasteiger partial charge on any atom is 0.405 e. The standard InChI is InChI=1S/C14H22N4O2/c1-9(7-14(2,3)20-13(17)19)6-11(16)12-5-4-10(15)8-18-12/h4-5,8-9,16H,6-7,15H2,1-3H3,(H2,17,19)/t9-/m1/s1. The molecule has 0 bridgehead atoms. The Balaban J connectivity index is 2.57. The monoisotopic (exact) mass is 278 g/mol. The highest BCUT2D eigenvalue weighted by molar-refractivity contribution is 5.96. The van der Waals surface area contributed by atoms with Crippen LogP contribution in [0.1, 0.15) is 39.3 Å². The van der Waals surface area contributed by atoms with Crippen molar-refractivity contribution in [2.45, 2.75) is 39.2 Å². The van der Waals surface area contributed by atoms with E-state index in [1.807, 2.05) is 6.92 Å². The molecule has 0 radical (unpaired) electrons. The number of anilines is 1. The molecule has 6 nitrogen and oxygen atoms in total. The van der Waals surface area contributed by atoms with Crippen LogP contribution in [0.15, 0.2) is 18.3 Å². The fourth-order valence-corrected chi connectivity index (χ4v) is 2.26. The van der Waals surface area contributed by atoms with Crippen molar-refractivity contribution in [3.05, 3.63) is 24.0 Å². The van der Waals surface area contributed by atoms with Gasteiger partial charge < -0.3 is 21.6 Å². The van der Waals surface area contributed by atoms with E-state index >= 15 is 0 Å². The van der Waals surface area contributed by atoms with Crippen LogP contribution < -0.4 is 11.5 Å². The Kier molecular flexibility index (Phi) is 5.07. The highest BCUT2D eigenvalue weighted by atomic mass is 16.6. The van der Waals surface area contributed by atoms with Gasteiger partial charge in [0.25, 0.3) is 0 Å². The van der Waals surface area contributed by atoms with Gasteiger partial charge in [0.05, 0.1) is 23.3 Å². The average Bonchev–Trinajstić information content (AvgIpc) is 2.26. The maximum absolute atomic E-state index is 10.8. The molecule has 0 aliphatic rings. The molecule has 0 aromatic carbocycles. The van der Waals surface area contributed by atoms with Gasteiger partial charge in [0.15, 0.2) is 0 Å². The summed E-state index contributed by atoms with van der Waals surface area (Å²) < 4.78 is 5.05. The number of pyridine rings is 1. The Labute approximate surface area is 119 Å². The van der Waals surface area contributed by atoms with Gasteiger partial charge in [0.1, 0.15) is 5.60 Å². The third kappa shape index (κ3) is 5.26. The summed E-state index contributed by atoms with van der Waals surface area (Å²) in [5.74, 6) is 0.163. The Morgan fingerprint density at radius 1 is 1.50 bits per heavy atom. The van der Waals surface area contributed by atoms with Crippen molar-refractivity contribution >= 4 is 17.5 Å². The van der Waals surface area contributed by atoms with Gasteiger partial charge in [0.2, 0.25) is 0 Å². The van der Waals surface area contributed by atoms with Crippen molar-refractivity contribution in [1.82, 2.24) is 4.98 Å². The Morgan fingerprint density at radius 2 is 2.15 bits per heavy atom. The number of rotatable bonds is 6. The number of nitrogens with zero attached hydrogens (tertiary/aromatic N) is 1. The number of nitrogens with one attached hydrogen (secondary N) is 1. The summed E-state index contributed by atoms with van der Waals surface area (Å²) in [5.41, 5.74) is 11.6. The number of hydrogen-bond acceptors (Lipinski definition) is 5. The van der Waals surface area contributed by atoms with Crippen molar-refractivity contribution in [3.8, 4) is 0 Å². The molecule has 20 heavy (non-hydrogen) atoms. The molecule has 1 amide bonds. The van der Waals surface area contributed by atoms with Gasteiger partial charge in [-0.05, 0) is 44.7 Å². The minimum atomic E-state index is -0.780. The van der Waals surface area contributed by atoms with Crippen molar-refractivity contribution in [2.24, 2.45) is 11.7 Å². The first-order valence-electron chi connectivity index (χ1n) is 6.47. The molecule has 0 aliphatic heterocycles. The average molecular weight is 278 g/mol. The van der Waals surface area contributed by atoms with Crippen LogP contribution in [0.3, 0.4) is 0 Å². The van der Waals surface area contributed by atoms with Gasteiger partial charge in [-0.15, -0.1) is 0 Å². The molecule has 0 spiro atoms. The number of primary amides is 1. The molecule has 0 saturated carbocycles. The van der Waals surface area contributed by atoms with Crippen LogP contribution in [0.2, 0.25) is 0 Å². The Bertz CT molecular complexity index is 482. The lowest BCUT2D eigenvalue weighted by Crippen LogP contribution is -2.33. The van der Waals surface area contributed by atoms with Gasteiger partial charge in [-0.1, -0.05) is 6.92 Å². The Hall–Kier alpha value is -2.11. The quantitative estimate of drug-likeness (QED) is 0.692. The fraction of sp³-hybridized carbons (Fsp3) is 0.500. The second kappa shape index (κ2) is 6.36. The number of nitrogen functional groups attached to an aromatic ring is 1. The zero-order chi connectivity index (χ0) is 15.3. The van der Waals surface area contributed by atoms with Gasteiger partial charge in [-0.2, -0.15) is 0 Å². The van der Waals surface area contributed by atoms with E-state index in [1.54, 1.807) is 26.0 Å². The molecule has 0 fully saturated rings. The van der Waals surface area contributed by atoms with Crippen molar-refractivity contribution < 1.29 is 9.53 Å². The third-order valence-corrected chi connectivity index (χ3v) is 2.87. The van der Waals surface area contributed by atoms with Crippen molar-refractivity contribution in [3.63, 3.8) is 0 Å². The molecule has 1 rings (SSSR count). The largest absolute Gasteiger partial charge is 0.444 e. The van der Waals surface area contributed by atoms with Crippen molar-refractivity contribution in [1.29, 1.82) is 5.41 Å². The number of amides is 1. The number of nitrogens with two attached hydrogens (primary N) is 2. The molecule has 1 atom stereocenters. The highest BCUT2D eigenvalue weighted by Crippen LogP contribution is 2.23. The van der Waals surface area contributed by atoms with Crippen LogP contribution >= 0.6 is 0 Å². The summed E-state index contributed by atoms with van der Waals surface area (Å²) in [5, 5.41) is 8.04. The lowest BCUT2D eigenvalue weighted by Gasteiger charge is -2.27. The van der Waals surface area contributed by atoms with E-state index in [2.05, 4.69) is 4.98 Å². The van der Waals surface area contributed by atoms with Gasteiger partial charge in [-0.3, -0.25) is 4.98 Å². The molecular formula is C14H22N4O2. The number of ether oxygens (including phenoxy) is 1. The number of carbonyl (C=O) groups is 1. The molecule has 6 heteroatoms. The molecule has 1 aromatic heterocycles. The highest BCUT2D eigenvalue weighted by Gasteiger charge is 2.25. The summed E-state index contributed by atoms with van der Waals surface area (Å²) in [7, 11) is 0. The molecule has 0 unspecified atom stereocenters. The lowest BCUT2D eigenvalue weighted by molar-refractivity contribution is 0.0290. The summed E-state index contributed by atoms with van der Waals surface area (Å²) >= 11 is 0. The smallest absolute Gasteiger partial charge is 0.405 e. The molecule has 1 heterocycles. The van der Waals surface area contributed by atoms with Crippen LogP contribution in [-0.4, -0.2) is 22.4 Å². The molecular weight excluding hydrogens is 256 g/mol. The minimum absolute atomic E-state index is 0.163. The van der Waals surface area contributed by atoms with E-state index in [-0.39, 0.29) is 5.92 Å². The van der Waals surface area contributed by atoms with Crippen molar-refractivity contribution in [2.75, 3.05) is 5.73 Å². The van der Waals surface area contributed by atoms with Crippen LogP contribution in [0.5, 0.6) is 0 Å². The SMILES string of the molecule is C[C@H](CC(=N)c1ccc(N)cn1)CC(C)(C)OC(N)=O. The summed E-state index contributed by atoms with van der Waals surface area (Å²) in [6.45, 7) is 5.61. The molecule has 1 aromatic rings. The van der Waals surface area contributed by atoms with Crippen LogP contribution in [0.25, 0.3) is 0 Å². The van der Waals surface area contributed by atoms with E-state index in [0.717, 1.165) is 0 Å². The fourth-order valence-electron chi connectivity index (χ4n) is 2.26. The summed E-state index contributed by atoms with van der Waals surface area (Å²) in [4.78, 5) is 14.9. The zero-order valence-electron chi connectivity index (χ0n) is 12.1. The van der Waals surface area contributed by atoms with E-state index in [9.17, 15) is 4.79 Å². The second-order valence-corrected chi connectivity index (χ2v) is 5.65. The minimum Gasteiger partial charge on any atom is -0.444 e. The topological polar surface area (TPSA) is 115 Å². The molecule has 0 saturated heterocycles. The van der Waals surface area contributed by atoms with E-state index < -0.39 is 11.7 Å². The van der Waals surface area contributed by atoms with Crippen LogP contribution in [0.4, 0.5) is 10.5 Å². The first-order valence-corrected chi connectivity index (χ1v) is 6.47. The maximum atomic E-state index is 10.8. The molecule has 5 N–H and O–H groups in total. The normalized spacial score (nSPS) is 12.8. The van der Waals surface area contributed by atoms with E-state index in [1.165, 1.54) is 6.20 Å². The predicted molar refractivity (Wildman–Crippen MR) is 78.6 cm³/mol. The number of carbonyl (C=O) groups excluding carboxylic acids is 1. The zero-order valence-corrected chi connectivity index (χ0v) is 12.1. The van der Waals surface area contributed by atoms with Gasteiger partial charge >= 0.3 is 6.09 Å². The summed E-state index contributed by atoms with van der Waals surface area (Å²) in [6, 6.07) is 3.46. The van der Waals surface area contributed by atoms with E-state index in [4.69, 9.17) is 21.6 Å². The molecule has 110 valence electrons. The first-order chi connectivity index (χ1) is 9.19. The van der Waals surface area contributed by atoms with Crippen LogP contribution in [0, 0.1) is 11.3 Å². The number of hydrogen-bond donors (Lipinski definition) is 3. The first kappa shape index (κ1) is 15.9. The Morgan fingerprint density at radius 3 is 2.65 bits per heavy atom. The van der Waals surface area contributed by atoms with Crippen LogP contribution in [-0.2, 0) is 4.74 Å². The van der Waals surface area contributed by atoms with E-state index in [0.29, 0.717) is 29.9 Å². The van der Waals surface area contributed by atoms with Gasteiger partial charge in [0, 0.05) is 0 Å². The van der Waals surface area contributed by atoms with Gasteiger partial charge in [-0.25, -0.2) is 4.79 Å². The molecule has 0 aliphatic carbocycles. The lowest BCUT2D eigenvalue weighted by atomic mass is 9.90.